The van der Waals surface area contributed by atoms with Crippen molar-refractivity contribution >= 4 is 27.3 Å². The SMILES string of the molecule is Cc1ccsc1CN(C)C(=O)Cc1ccc(S(N)(=O)=O)cc1. The van der Waals surface area contributed by atoms with Gasteiger partial charge in [0.2, 0.25) is 15.9 Å². The molecule has 0 aliphatic carbocycles. The van der Waals surface area contributed by atoms with E-state index in [0.717, 1.165) is 5.56 Å². The smallest absolute Gasteiger partial charge is 0.238 e. The van der Waals surface area contributed by atoms with E-state index >= 15 is 0 Å². The first-order valence-electron chi connectivity index (χ1n) is 6.66. The van der Waals surface area contributed by atoms with Gasteiger partial charge in [0.05, 0.1) is 17.9 Å². The van der Waals surface area contributed by atoms with Crippen molar-refractivity contribution in [2.45, 2.75) is 24.8 Å². The van der Waals surface area contributed by atoms with Gasteiger partial charge in [-0.25, -0.2) is 13.6 Å². The molecule has 22 heavy (non-hydrogen) atoms. The van der Waals surface area contributed by atoms with E-state index in [1.807, 2.05) is 18.4 Å². The molecule has 1 aromatic heterocycles. The minimum atomic E-state index is -3.70. The highest BCUT2D eigenvalue weighted by Gasteiger charge is 2.13. The molecule has 0 saturated heterocycles. The molecule has 0 spiro atoms. The number of sulfonamides is 1. The van der Waals surface area contributed by atoms with Gasteiger partial charge in [-0.3, -0.25) is 4.79 Å². The number of nitrogens with two attached hydrogens (primary N) is 1. The molecule has 0 atom stereocenters. The van der Waals surface area contributed by atoms with Crippen molar-refractivity contribution in [3.63, 3.8) is 0 Å². The van der Waals surface area contributed by atoms with Crippen LogP contribution in [0.2, 0.25) is 0 Å². The van der Waals surface area contributed by atoms with E-state index < -0.39 is 10.0 Å². The number of aryl methyl sites for hydroxylation is 1. The second-order valence-electron chi connectivity index (χ2n) is 5.14. The van der Waals surface area contributed by atoms with Gasteiger partial charge >= 0.3 is 0 Å². The third kappa shape index (κ3) is 4.16. The summed E-state index contributed by atoms with van der Waals surface area (Å²) < 4.78 is 22.4. The van der Waals surface area contributed by atoms with Crippen molar-refractivity contribution in [2.75, 3.05) is 7.05 Å². The summed E-state index contributed by atoms with van der Waals surface area (Å²) >= 11 is 1.63. The van der Waals surface area contributed by atoms with Crippen LogP contribution >= 0.6 is 11.3 Å². The highest BCUT2D eigenvalue weighted by molar-refractivity contribution is 7.89. The third-order valence-corrected chi connectivity index (χ3v) is 5.32. The van der Waals surface area contributed by atoms with E-state index in [0.29, 0.717) is 6.54 Å². The highest BCUT2D eigenvalue weighted by Crippen LogP contribution is 2.18. The average Bonchev–Trinajstić information content (AvgIpc) is 2.84. The zero-order chi connectivity index (χ0) is 16.3. The standard InChI is InChI=1S/C15H18N2O3S2/c1-11-7-8-21-14(11)10-17(2)15(18)9-12-3-5-13(6-4-12)22(16,19)20/h3-8H,9-10H2,1-2H3,(H2,16,19,20). The third-order valence-electron chi connectivity index (χ3n) is 3.38. The summed E-state index contributed by atoms with van der Waals surface area (Å²) in [4.78, 5) is 15.1. The molecule has 0 bridgehead atoms. The number of nitrogens with zero attached hydrogens (tertiary/aromatic N) is 1. The fourth-order valence-electron chi connectivity index (χ4n) is 1.98. The molecule has 1 aromatic carbocycles. The van der Waals surface area contributed by atoms with Crippen LogP contribution < -0.4 is 5.14 Å². The van der Waals surface area contributed by atoms with E-state index in [9.17, 15) is 13.2 Å². The van der Waals surface area contributed by atoms with Crippen LogP contribution in [0.4, 0.5) is 0 Å². The van der Waals surface area contributed by atoms with Gasteiger partial charge in [0.1, 0.15) is 0 Å². The second-order valence-corrected chi connectivity index (χ2v) is 7.70. The van der Waals surface area contributed by atoms with Gasteiger partial charge < -0.3 is 4.90 Å². The first kappa shape index (κ1) is 16.7. The Labute approximate surface area is 134 Å². The second kappa shape index (κ2) is 6.60. The molecule has 2 N–H and O–H groups in total. The molecule has 0 fully saturated rings. The minimum Gasteiger partial charge on any atom is -0.340 e. The van der Waals surface area contributed by atoms with Crippen molar-refractivity contribution < 1.29 is 13.2 Å². The molecule has 1 amide bonds. The van der Waals surface area contributed by atoms with Crippen LogP contribution in [0.15, 0.2) is 40.6 Å². The molecule has 0 aliphatic heterocycles. The molecule has 5 nitrogen and oxygen atoms in total. The lowest BCUT2D eigenvalue weighted by molar-refractivity contribution is -0.129. The Hall–Kier alpha value is -1.70. The quantitative estimate of drug-likeness (QED) is 0.904. The fourth-order valence-corrected chi connectivity index (χ4v) is 3.45. The number of carbonyl (C=O) groups excluding carboxylic acids is 1. The number of amides is 1. The van der Waals surface area contributed by atoms with E-state index in [-0.39, 0.29) is 17.2 Å². The number of likely N-dealkylation sites (N-methyl/N-ethyl adjacent to an activating group) is 1. The number of thiophene rings is 1. The van der Waals surface area contributed by atoms with Crippen molar-refractivity contribution in [3.8, 4) is 0 Å². The van der Waals surface area contributed by atoms with Crippen LogP contribution in [-0.4, -0.2) is 26.3 Å². The summed E-state index contributed by atoms with van der Waals surface area (Å²) in [5.41, 5.74) is 1.94. The lowest BCUT2D eigenvalue weighted by Crippen LogP contribution is -2.27. The number of hydrogen-bond acceptors (Lipinski definition) is 4. The lowest BCUT2D eigenvalue weighted by atomic mass is 10.1. The van der Waals surface area contributed by atoms with Gasteiger partial charge in [0.15, 0.2) is 0 Å². The minimum absolute atomic E-state index is 0.0174. The van der Waals surface area contributed by atoms with Gasteiger partial charge in [-0.2, -0.15) is 0 Å². The predicted molar refractivity (Wildman–Crippen MR) is 87.0 cm³/mol. The molecule has 0 unspecified atom stereocenters. The van der Waals surface area contributed by atoms with Crippen molar-refractivity contribution in [2.24, 2.45) is 5.14 Å². The van der Waals surface area contributed by atoms with E-state index in [1.165, 1.54) is 22.6 Å². The molecule has 118 valence electrons. The molecule has 2 rings (SSSR count). The zero-order valence-electron chi connectivity index (χ0n) is 12.4. The van der Waals surface area contributed by atoms with Crippen molar-refractivity contribution in [1.82, 2.24) is 4.90 Å². The Morgan fingerprint density at radius 2 is 1.86 bits per heavy atom. The molecule has 0 saturated carbocycles. The summed E-state index contributed by atoms with van der Waals surface area (Å²) in [6.45, 7) is 2.60. The highest BCUT2D eigenvalue weighted by atomic mass is 32.2. The van der Waals surface area contributed by atoms with Crippen LogP contribution in [0.1, 0.15) is 16.0 Å². The van der Waals surface area contributed by atoms with E-state index in [1.54, 1.807) is 35.4 Å². The molecule has 7 heteroatoms. The van der Waals surface area contributed by atoms with E-state index in [4.69, 9.17) is 5.14 Å². The van der Waals surface area contributed by atoms with Gasteiger partial charge in [0.25, 0.3) is 0 Å². The van der Waals surface area contributed by atoms with Crippen LogP contribution in [0.5, 0.6) is 0 Å². The van der Waals surface area contributed by atoms with Gasteiger partial charge in [-0.15, -0.1) is 11.3 Å². The normalized spacial score (nSPS) is 11.4. The number of hydrogen-bond donors (Lipinski definition) is 1. The maximum atomic E-state index is 12.2. The van der Waals surface area contributed by atoms with Crippen molar-refractivity contribution in [3.05, 3.63) is 51.7 Å². The Kier molecular flexibility index (Phi) is 5.00. The molecule has 1 heterocycles. The number of benzene rings is 1. The first-order valence-corrected chi connectivity index (χ1v) is 9.08. The largest absolute Gasteiger partial charge is 0.340 e. The summed E-state index contributed by atoms with van der Waals surface area (Å²) in [5.74, 6) is -0.0174. The van der Waals surface area contributed by atoms with Gasteiger partial charge in [-0.05, 0) is 41.6 Å². The van der Waals surface area contributed by atoms with Crippen LogP contribution in [-0.2, 0) is 27.8 Å². The molecular weight excluding hydrogens is 320 g/mol. The fraction of sp³-hybridized carbons (Fsp3) is 0.267. The first-order chi connectivity index (χ1) is 10.3. The molecule has 2 aromatic rings. The average molecular weight is 338 g/mol. The van der Waals surface area contributed by atoms with Crippen LogP contribution in [0, 0.1) is 6.92 Å². The summed E-state index contributed by atoms with van der Waals surface area (Å²) in [6, 6.07) is 8.09. The summed E-state index contributed by atoms with van der Waals surface area (Å²) in [7, 11) is -1.93. The molecule has 0 aliphatic rings. The monoisotopic (exact) mass is 338 g/mol. The van der Waals surface area contributed by atoms with Gasteiger partial charge in [0, 0.05) is 11.9 Å². The number of carbonyl (C=O) groups is 1. The van der Waals surface area contributed by atoms with Crippen molar-refractivity contribution in [1.29, 1.82) is 0 Å². The van der Waals surface area contributed by atoms with Crippen LogP contribution in [0.3, 0.4) is 0 Å². The topological polar surface area (TPSA) is 80.5 Å². The maximum Gasteiger partial charge on any atom is 0.238 e. The summed E-state index contributed by atoms with van der Waals surface area (Å²) in [5, 5.41) is 7.05. The van der Waals surface area contributed by atoms with Crippen LogP contribution in [0.25, 0.3) is 0 Å². The number of primary sulfonamides is 1. The summed E-state index contributed by atoms with van der Waals surface area (Å²) in [6.07, 6.45) is 0.228. The lowest BCUT2D eigenvalue weighted by Gasteiger charge is -2.17. The molecular formula is C15H18N2O3S2. The number of rotatable bonds is 5. The van der Waals surface area contributed by atoms with E-state index in [2.05, 4.69) is 0 Å². The Morgan fingerprint density at radius 1 is 1.23 bits per heavy atom. The van der Waals surface area contributed by atoms with Gasteiger partial charge in [-0.1, -0.05) is 12.1 Å². The Morgan fingerprint density at radius 3 is 2.36 bits per heavy atom. The zero-order valence-corrected chi connectivity index (χ0v) is 14.1. The predicted octanol–water partition coefficient (Wildman–Crippen LogP) is 1.91. The maximum absolute atomic E-state index is 12.2. The Balaban J connectivity index is 2.01. The molecule has 0 radical (unpaired) electrons. The Bertz CT molecular complexity index is 764.